The van der Waals surface area contributed by atoms with Gasteiger partial charge in [-0.3, -0.25) is 0 Å². The molecule has 0 unspecified atom stereocenters. The van der Waals surface area contributed by atoms with Crippen molar-refractivity contribution in [3.63, 3.8) is 0 Å². The second kappa shape index (κ2) is 6.58. The van der Waals surface area contributed by atoms with E-state index in [0.717, 1.165) is 0 Å². The van der Waals surface area contributed by atoms with Crippen molar-refractivity contribution in [2.45, 2.75) is 77.7 Å². The highest BCUT2D eigenvalue weighted by Crippen LogP contribution is 2.42. The molecule has 0 aromatic heterocycles. The first kappa shape index (κ1) is 15.3. The summed E-state index contributed by atoms with van der Waals surface area (Å²) < 4.78 is 0. The van der Waals surface area contributed by atoms with Gasteiger partial charge in [0.05, 0.1) is 0 Å². The maximum absolute atomic E-state index is 3.84. The fraction of sp³-hybridized carbons (Fsp3) is 1.00. The minimum Gasteiger partial charge on any atom is -0.310 e. The summed E-state index contributed by atoms with van der Waals surface area (Å²) in [5, 5.41) is 3.84. The second-order valence-electron chi connectivity index (χ2n) is 7.04. The fourth-order valence-corrected chi connectivity index (χ4v) is 4.30. The van der Waals surface area contributed by atoms with Crippen molar-refractivity contribution in [1.82, 2.24) is 10.2 Å². The van der Waals surface area contributed by atoms with Crippen molar-refractivity contribution < 1.29 is 0 Å². The Morgan fingerprint density at radius 1 is 0.947 bits per heavy atom. The van der Waals surface area contributed by atoms with Gasteiger partial charge in [0.2, 0.25) is 0 Å². The van der Waals surface area contributed by atoms with Crippen LogP contribution in [0.5, 0.6) is 0 Å². The third-order valence-corrected chi connectivity index (χ3v) is 6.00. The number of rotatable bonds is 5. The molecule has 1 aliphatic heterocycles. The summed E-state index contributed by atoms with van der Waals surface area (Å²) in [5.41, 5.74) is 1.03. The van der Waals surface area contributed by atoms with E-state index >= 15 is 0 Å². The third kappa shape index (κ3) is 3.52. The zero-order chi connectivity index (χ0) is 13.8. The molecule has 112 valence electrons. The van der Waals surface area contributed by atoms with E-state index in [4.69, 9.17) is 0 Å². The lowest BCUT2D eigenvalue weighted by molar-refractivity contribution is 0.120. The molecule has 1 saturated heterocycles. The SMILES string of the molecule is CCC1(CN2CCCNC(CC)(CC)C2)CCCC1. The van der Waals surface area contributed by atoms with Crippen LogP contribution in [0.25, 0.3) is 0 Å². The van der Waals surface area contributed by atoms with Crippen molar-refractivity contribution in [1.29, 1.82) is 0 Å². The minimum atomic E-state index is 0.379. The molecule has 1 N–H and O–H groups in total. The van der Waals surface area contributed by atoms with Crippen LogP contribution < -0.4 is 5.32 Å². The molecule has 2 heteroatoms. The highest BCUT2D eigenvalue weighted by atomic mass is 15.2. The van der Waals surface area contributed by atoms with Gasteiger partial charge in [0.15, 0.2) is 0 Å². The molecule has 0 aromatic rings. The van der Waals surface area contributed by atoms with Crippen LogP contribution >= 0.6 is 0 Å². The molecule has 1 aliphatic carbocycles. The minimum absolute atomic E-state index is 0.379. The lowest BCUT2D eigenvalue weighted by Crippen LogP contribution is -2.52. The Labute approximate surface area is 120 Å². The van der Waals surface area contributed by atoms with E-state index in [1.165, 1.54) is 77.5 Å². The molecule has 0 spiro atoms. The Balaban J connectivity index is 2.02. The van der Waals surface area contributed by atoms with E-state index in [0.29, 0.717) is 11.0 Å². The Morgan fingerprint density at radius 2 is 1.63 bits per heavy atom. The van der Waals surface area contributed by atoms with Crippen LogP contribution in [-0.2, 0) is 0 Å². The Kier molecular flexibility index (Phi) is 5.30. The van der Waals surface area contributed by atoms with Crippen LogP contribution in [0, 0.1) is 5.41 Å². The second-order valence-corrected chi connectivity index (χ2v) is 7.04. The van der Waals surface area contributed by atoms with Crippen molar-refractivity contribution >= 4 is 0 Å². The average molecular weight is 266 g/mol. The zero-order valence-corrected chi connectivity index (χ0v) is 13.4. The zero-order valence-electron chi connectivity index (χ0n) is 13.4. The van der Waals surface area contributed by atoms with Gasteiger partial charge in [-0.2, -0.15) is 0 Å². The standard InChI is InChI=1S/C17H34N2/c1-4-16(10-7-8-11-16)14-19-13-9-12-18-17(5-2,6-3)15-19/h18H,4-15H2,1-3H3. The molecule has 0 bridgehead atoms. The van der Waals surface area contributed by atoms with E-state index in [1.54, 1.807) is 0 Å². The first-order valence-electron chi connectivity index (χ1n) is 8.65. The fourth-order valence-electron chi connectivity index (χ4n) is 4.30. The lowest BCUT2D eigenvalue weighted by Gasteiger charge is -2.39. The normalized spacial score (nSPS) is 27.3. The van der Waals surface area contributed by atoms with E-state index in [1.807, 2.05) is 0 Å². The summed E-state index contributed by atoms with van der Waals surface area (Å²) in [5.74, 6) is 0. The summed E-state index contributed by atoms with van der Waals surface area (Å²) >= 11 is 0. The smallest absolute Gasteiger partial charge is 0.0303 e. The average Bonchev–Trinajstić information content (AvgIpc) is 2.81. The summed E-state index contributed by atoms with van der Waals surface area (Å²) in [6.45, 7) is 12.2. The molecule has 2 fully saturated rings. The molecule has 2 rings (SSSR count). The molecule has 19 heavy (non-hydrogen) atoms. The monoisotopic (exact) mass is 266 g/mol. The molecule has 0 aromatic carbocycles. The molecule has 0 radical (unpaired) electrons. The van der Waals surface area contributed by atoms with Gasteiger partial charge < -0.3 is 10.2 Å². The Morgan fingerprint density at radius 3 is 2.21 bits per heavy atom. The van der Waals surface area contributed by atoms with Crippen molar-refractivity contribution in [2.24, 2.45) is 5.41 Å². The van der Waals surface area contributed by atoms with Gasteiger partial charge in [-0.1, -0.05) is 33.6 Å². The lowest BCUT2D eigenvalue weighted by atomic mass is 9.82. The van der Waals surface area contributed by atoms with Gasteiger partial charge in [-0.25, -0.2) is 0 Å². The summed E-state index contributed by atoms with van der Waals surface area (Å²) in [7, 11) is 0. The van der Waals surface area contributed by atoms with Crippen molar-refractivity contribution in [3.8, 4) is 0 Å². The van der Waals surface area contributed by atoms with Crippen LogP contribution in [0.1, 0.15) is 72.1 Å². The topological polar surface area (TPSA) is 15.3 Å². The number of nitrogens with one attached hydrogen (secondary N) is 1. The predicted octanol–water partition coefficient (Wildman–Crippen LogP) is 3.81. The Bertz CT molecular complexity index is 264. The summed E-state index contributed by atoms with van der Waals surface area (Å²) in [4.78, 5) is 2.79. The number of hydrogen-bond acceptors (Lipinski definition) is 2. The quantitative estimate of drug-likeness (QED) is 0.814. The molecule has 2 nitrogen and oxygen atoms in total. The van der Waals surface area contributed by atoms with E-state index in [2.05, 4.69) is 31.0 Å². The number of hydrogen-bond donors (Lipinski definition) is 1. The van der Waals surface area contributed by atoms with Gasteiger partial charge in [0.25, 0.3) is 0 Å². The van der Waals surface area contributed by atoms with E-state index in [-0.39, 0.29) is 0 Å². The molecule has 0 amide bonds. The van der Waals surface area contributed by atoms with Crippen LogP contribution in [0.4, 0.5) is 0 Å². The van der Waals surface area contributed by atoms with Crippen molar-refractivity contribution in [3.05, 3.63) is 0 Å². The first-order valence-corrected chi connectivity index (χ1v) is 8.65. The molecule has 1 saturated carbocycles. The molecular weight excluding hydrogens is 232 g/mol. The van der Waals surface area contributed by atoms with Crippen molar-refractivity contribution in [2.75, 3.05) is 26.2 Å². The first-order chi connectivity index (χ1) is 9.17. The third-order valence-electron chi connectivity index (χ3n) is 6.00. The largest absolute Gasteiger partial charge is 0.310 e. The van der Waals surface area contributed by atoms with Crippen LogP contribution in [-0.4, -0.2) is 36.6 Å². The van der Waals surface area contributed by atoms with Gasteiger partial charge >= 0.3 is 0 Å². The Hall–Kier alpha value is -0.0800. The molecule has 1 heterocycles. The van der Waals surface area contributed by atoms with Crippen LogP contribution in [0.2, 0.25) is 0 Å². The van der Waals surface area contributed by atoms with E-state index < -0.39 is 0 Å². The van der Waals surface area contributed by atoms with Crippen LogP contribution in [0.15, 0.2) is 0 Å². The van der Waals surface area contributed by atoms with Gasteiger partial charge in [-0.05, 0) is 57.0 Å². The maximum Gasteiger partial charge on any atom is 0.0303 e. The molecule has 2 aliphatic rings. The van der Waals surface area contributed by atoms with Gasteiger partial charge in [-0.15, -0.1) is 0 Å². The van der Waals surface area contributed by atoms with Crippen LogP contribution in [0.3, 0.4) is 0 Å². The molecular formula is C17H34N2. The predicted molar refractivity (Wildman–Crippen MR) is 83.6 cm³/mol. The van der Waals surface area contributed by atoms with Gasteiger partial charge in [0, 0.05) is 18.6 Å². The highest BCUT2D eigenvalue weighted by molar-refractivity contribution is 4.94. The highest BCUT2D eigenvalue weighted by Gasteiger charge is 2.37. The summed E-state index contributed by atoms with van der Waals surface area (Å²) in [6, 6.07) is 0. The van der Waals surface area contributed by atoms with Gasteiger partial charge in [0.1, 0.15) is 0 Å². The summed E-state index contributed by atoms with van der Waals surface area (Å²) in [6.07, 6.45) is 11.1. The van der Waals surface area contributed by atoms with E-state index in [9.17, 15) is 0 Å². The number of nitrogens with zero attached hydrogens (tertiary/aromatic N) is 1. The molecule has 0 atom stereocenters. The maximum atomic E-state index is 3.84.